The van der Waals surface area contributed by atoms with E-state index in [-0.39, 0.29) is 18.3 Å². The Labute approximate surface area is 99.1 Å². The molecule has 0 radical (unpaired) electrons. The van der Waals surface area contributed by atoms with Crippen LogP contribution in [-0.2, 0) is 9.53 Å². The first-order valence-electron chi connectivity index (χ1n) is 5.01. The zero-order valence-corrected chi connectivity index (χ0v) is 9.46. The maximum absolute atomic E-state index is 11.8. The molecule has 0 fully saturated rings. The summed E-state index contributed by atoms with van der Waals surface area (Å²) in [5.41, 5.74) is 5.99. The molecule has 4 N–H and O–H groups in total. The fraction of sp³-hybridized carbons (Fsp3) is 0.273. The fourth-order valence-electron chi connectivity index (χ4n) is 1.33. The van der Waals surface area contributed by atoms with Crippen molar-refractivity contribution in [1.29, 1.82) is 0 Å². The van der Waals surface area contributed by atoms with Gasteiger partial charge < -0.3 is 21.0 Å². The number of oxime groups is 1. The number of carbonyl (C=O) groups excluding carboxylic acids is 1. The highest BCUT2D eigenvalue weighted by molar-refractivity contribution is 5.89. The molecule has 0 saturated heterocycles. The summed E-state index contributed by atoms with van der Waals surface area (Å²) in [7, 11) is 1.45. The minimum atomic E-state index is -0.706. The maximum Gasteiger partial charge on any atom is 0.254 e. The summed E-state index contributed by atoms with van der Waals surface area (Å²) in [5, 5.41) is 13.6. The van der Waals surface area contributed by atoms with Crippen molar-refractivity contribution < 1.29 is 14.7 Å². The van der Waals surface area contributed by atoms with Gasteiger partial charge in [-0.15, -0.1) is 0 Å². The number of benzene rings is 1. The second-order valence-electron chi connectivity index (χ2n) is 3.34. The molecule has 1 amide bonds. The van der Waals surface area contributed by atoms with Crippen LogP contribution in [0.5, 0.6) is 0 Å². The third-order valence-electron chi connectivity index (χ3n) is 2.15. The number of nitrogens with zero attached hydrogens (tertiary/aromatic N) is 1. The van der Waals surface area contributed by atoms with Crippen molar-refractivity contribution in [3.8, 4) is 0 Å². The van der Waals surface area contributed by atoms with Gasteiger partial charge in [0.15, 0.2) is 11.9 Å². The number of hydrogen-bond acceptors (Lipinski definition) is 4. The van der Waals surface area contributed by atoms with Gasteiger partial charge in [-0.05, 0) is 5.56 Å². The Bertz CT molecular complexity index is 392. The third kappa shape index (κ3) is 3.76. The van der Waals surface area contributed by atoms with E-state index >= 15 is 0 Å². The van der Waals surface area contributed by atoms with Gasteiger partial charge in [-0.25, -0.2) is 0 Å². The summed E-state index contributed by atoms with van der Waals surface area (Å²) in [6, 6.07) is 9.06. The van der Waals surface area contributed by atoms with Crippen molar-refractivity contribution in [2.45, 2.75) is 6.10 Å². The molecule has 92 valence electrons. The predicted octanol–water partition coefficient (Wildman–Crippen LogP) is 0.237. The van der Waals surface area contributed by atoms with E-state index in [0.717, 1.165) is 5.56 Å². The van der Waals surface area contributed by atoms with Crippen LogP contribution in [0.3, 0.4) is 0 Å². The molecule has 0 aliphatic rings. The Morgan fingerprint density at radius 3 is 2.71 bits per heavy atom. The summed E-state index contributed by atoms with van der Waals surface area (Å²) >= 11 is 0. The smallest absolute Gasteiger partial charge is 0.254 e. The van der Waals surface area contributed by atoms with Crippen molar-refractivity contribution in [2.75, 3.05) is 13.7 Å². The molecule has 1 rings (SSSR count). The largest absolute Gasteiger partial charge is 0.409 e. The molecule has 0 spiro atoms. The SMILES string of the molecule is COC(C(=O)NCC(N)=NO)c1ccccc1. The minimum absolute atomic E-state index is 0.0258. The van der Waals surface area contributed by atoms with E-state index in [1.54, 1.807) is 12.1 Å². The number of nitrogens with two attached hydrogens (primary N) is 1. The number of carbonyl (C=O) groups is 1. The molecular formula is C11H15N3O3. The molecule has 0 aliphatic heterocycles. The number of rotatable bonds is 5. The number of nitrogens with one attached hydrogen (secondary N) is 1. The molecule has 17 heavy (non-hydrogen) atoms. The van der Waals surface area contributed by atoms with Gasteiger partial charge in [0.2, 0.25) is 0 Å². The van der Waals surface area contributed by atoms with Gasteiger partial charge in [-0.2, -0.15) is 0 Å². The van der Waals surface area contributed by atoms with Crippen molar-refractivity contribution >= 4 is 11.7 Å². The Kier molecular flexibility index (Phi) is 4.96. The van der Waals surface area contributed by atoms with Crippen LogP contribution in [0.4, 0.5) is 0 Å². The molecular weight excluding hydrogens is 222 g/mol. The maximum atomic E-state index is 11.8. The predicted molar refractivity (Wildman–Crippen MR) is 62.6 cm³/mol. The first-order valence-corrected chi connectivity index (χ1v) is 5.01. The topological polar surface area (TPSA) is 96.9 Å². The van der Waals surface area contributed by atoms with Gasteiger partial charge in [0.05, 0.1) is 6.54 Å². The summed E-state index contributed by atoms with van der Waals surface area (Å²) in [6.45, 7) is -0.0258. The summed E-state index contributed by atoms with van der Waals surface area (Å²) in [6.07, 6.45) is -0.706. The lowest BCUT2D eigenvalue weighted by atomic mass is 10.1. The van der Waals surface area contributed by atoms with E-state index in [1.165, 1.54) is 7.11 Å². The third-order valence-corrected chi connectivity index (χ3v) is 2.15. The van der Waals surface area contributed by atoms with Crippen molar-refractivity contribution in [2.24, 2.45) is 10.9 Å². The van der Waals surface area contributed by atoms with E-state index in [2.05, 4.69) is 10.5 Å². The Hall–Kier alpha value is -2.08. The summed E-state index contributed by atoms with van der Waals surface area (Å²) in [5.74, 6) is -0.411. The van der Waals surface area contributed by atoms with Crippen molar-refractivity contribution in [3.05, 3.63) is 35.9 Å². The van der Waals surface area contributed by atoms with Gasteiger partial charge in [0.1, 0.15) is 0 Å². The summed E-state index contributed by atoms with van der Waals surface area (Å²) in [4.78, 5) is 11.8. The van der Waals surface area contributed by atoms with Crippen LogP contribution in [0.2, 0.25) is 0 Å². The average Bonchev–Trinajstić information content (AvgIpc) is 2.38. The molecule has 1 aromatic carbocycles. The van der Waals surface area contributed by atoms with E-state index in [4.69, 9.17) is 15.7 Å². The molecule has 6 nitrogen and oxygen atoms in total. The molecule has 0 aliphatic carbocycles. The highest BCUT2D eigenvalue weighted by Crippen LogP contribution is 2.15. The quantitative estimate of drug-likeness (QED) is 0.296. The van der Waals surface area contributed by atoms with Gasteiger partial charge in [-0.3, -0.25) is 4.79 Å². The van der Waals surface area contributed by atoms with Gasteiger partial charge in [0, 0.05) is 7.11 Å². The first-order chi connectivity index (χ1) is 8.19. The second-order valence-corrected chi connectivity index (χ2v) is 3.34. The zero-order valence-electron chi connectivity index (χ0n) is 9.46. The molecule has 1 unspecified atom stereocenters. The van der Waals surface area contributed by atoms with Gasteiger partial charge in [-0.1, -0.05) is 35.5 Å². The lowest BCUT2D eigenvalue weighted by Gasteiger charge is -2.15. The van der Waals surface area contributed by atoms with Crippen LogP contribution < -0.4 is 11.1 Å². The number of ether oxygens (including phenoxy) is 1. The Morgan fingerprint density at radius 2 is 2.18 bits per heavy atom. The van der Waals surface area contributed by atoms with E-state index in [1.807, 2.05) is 18.2 Å². The number of amides is 1. The Morgan fingerprint density at radius 1 is 1.53 bits per heavy atom. The molecule has 0 heterocycles. The van der Waals surface area contributed by atoms with Crippen molar-refractivity contribution in [1.82, 2.24) is 5.32 Å². The van der Waals surface area contributed by atoms with Crippen LogP contribution in [0.1, 0.15) is 11.7 Å². The normalized spacial score (nSPS) is 13.1. The zero-order chi connectivity index (χ0) is 12.7. The molecule has 6 heteroatoms. The molecule has 0 saturated carbocycles. The fourth-order valence-corrected chi connectivity index (χ4v) is 1.33. The highest BCUT2D eigenvalue weighted by Gasteiger charge is 2.19. The van der Waals surface area contributed by atoms with E-state index in [0.29, 0.717) is 0 Å². The number of hydrogen-bond donors (Lipinski definition) is 3. The summed E-state index contributed by atoms with van der Waals surface area (Å²) < 4.78 is 5.11. The molecule has 0 aromatic heterocycles. The van der Waals surface area contributed by atoms with Gasteiger partial charge in [0.25, 0.3) is 5.91 Å². The van der Waals surface area contributed by atoms with Crippen molar-refractivity contribution in [3.63, 3.8) is 0 Å². The van der Waals surface area contributed by atoms with E-state index in [9.17, 15) is 4.79 Å². The van der Waals surface area contributed by atoms with Crippen LogP contribution in [0, 0.1) is 0 Å². The first kappa shape index (κ1) is 13.0. The second kappa shape index (κ2) is 6.49. The molecule has 1 aromatic rings. The van der Waals surface area contributed by atoms with Crippen LogP contribution in [-0.4, -0.2) is 30.6 Å². The molecule has 0 bridgehead atoms. The van der Waals surface area contributed by atoms with Crippen LogP contribution in [0.15, 0.2) is 35.5 Å². The lowest BCUT2D eigenvalue weighted by Crippen LogP contribution is -2.37. The minimum Gasteiger partial charge on any atom is -0.409 e. The number of amidine groups is 1. The van der Waals surface area contributed by atoms with Crippen LogP contribution in [0.25, 0.3) is 0 Å². The molecule has 1 atom stereocenters. The monoisotopic (exact) mass is 237 g/mol. The number of methoxy groups -OCH3 is 1. The Balaban J connectivity index is 2.65. The van der Waals surface area contributed by atoms with Crippen LogP contribution >= 0.6 is 0 Å². The van der Waals surface area contributed by atoms with Gasteiger partial charge >= 0.3 is 0 Å². The highest BCUT2D eigenvalue weighted by atomic mass is 16.5. The van der Waals surface area contributed by atoms with E-state index < -0.39 is 6.10 Å². The average molecular weight is 237 g/mol. The standard InChI is InChI=1S/C11H15N3O3/c1-17-10(8-5-3-2-4-6-8)11(15)13-7-9(12)14-16/h2-6,10,16H,7H2,1H3,(H2,12,14)(H,13,15). The lowest BCUT2D eigenvalue weighted by molar-refractivity contribution is -0.131.